The Labute approximate surface area is 77.8 Å². The summed E-state index contributed by atoms with van der Waals surface area (Å²) < 4.78 is 4.63. The van der Waals surface area contributed by atoms with Gasteiger partial charge in [0.1, 0.15) is 6.10 Å². The van der Waals surface area contributed by atoms with E-state index in [1.165, 1.54) is 13.0 Å². The van der Waals surface area contributed by atoms with Crippen molar-refractivity contribution in [3.8, 4) is 0 Å². The molecule has 0 bridgehead atoms. The molecule has 0 aromatic rings. The topological polar surface area (TPSA) is 66.8 Å². The summed E-state index contributed by atoms with van der Waals surface area (Å²) in [5, 5.41) is 18.3. The third kappa shape index (κ3) is 4.65. The summed E-state index contributed by atoms with van der Waals surface area (Å²) >= 11 is 0. The minimum atomic E-state index is -1.01. The van der Waals surface area contributed by atoms with E-state index >= 15 is 0 Å². The highest BCUT2D eigenvalue weighted by molar-refractivity contribution is 5.82. The van der Waals surface area contributed by atoms with Crippen LogP contribution in [0.25, 0.3) is 0 Å². The second-order valence-electron chi connectivity index (χ2n) is 2.83. The maximum Gasteiger partial charge on any atom is 0.330 e. The van der Waals surface area contributed by atoms with E-state index in [1.54, 1.807) is 13.8 Å². The first-order valence-corrected chi connectivity index (χ1v) is 4.20. The molecule has 2 atom stereocenters. The fourth-order valence-corrected chi connectivity index (χ4v) is 0.836. The molecule has 0 aliphatic rings. The van der Waals surface area contributed by atoms with Crippen LogP contribution in [0, 0.1) is 0 Å². The number of carbonyl (C=O) groups is 1. The van der Waals surface area contributed by atoms with E-state index in [0.717, 1.165) is 0 Å². The molecule has 0 aliphatic carbocycles. The fourth-order valence-electron chi connectivity index (χ4n) is 0.836. The monoisotopic (exact) mass is 188 g/mol. The number of aliphatic hydroxyl groups excluding tert-OH is 2. The van der Waals surface area contributed by atoms with Gasteiger partial charge in [0.25, 0.3) is 0 Å². The van der Waals surface area contributed by atoms with Gasteiger partial charge in [0.2, 0.25) is 0 Å². The molecule has 0 spiro atoms. The van der Waals surface area contributed by atoms with Crippen LogP contribution in [0.1, 0.15) is 20.8 Å². The maximum atomic E-state index is 10.9. The third-order valence-electron chi connectivity index (χ3n) is 1.56. The zero-order chi connectivity index (χ0) is 10.4. The molecule has 4 nitrogen and oxygen atoms in total. The number of carbonyl (C=O) groups excluding carboxylic acids is 1. The molecular formula is C9H16O4. The predicted molar refractivity (Wildman–Crippen MR) is 48.1 cm³/mol. The number of ether oxygens (including phenoxy) is 1. The zero-order valence-corrected chi connectivity index (χ0v) is 8.15. The first-order valence-electron chi connectivity index (χ1n) is 4.20. The largest absolute Gasteiger partial charge is 0.463 e. The Morgan fingerprint density at radius 2 is 2.08 bits per heavy atom. The lowest BCUT2D eigenvalue weighted by atomic mass is 10.1. The van der Waals surface area contributed by atoms with Gasteiger partial charge < -0.3 is 14.9 Å². The Morgan fingerprint density at radius 3 is 2.46 bits per heavy atom. The molecule has 0 saturated carbocycles. The van der Waals surface area contributed by atoms with Crippen molar-refractivity contribution in [1.82, 2.24) is 0 Å². The number of rotatable bonds is 4. The van der Waals surface area contributed by atoms with E-state index in [2.05, 4.69) is 4.74 Å². The number of aliphatic hydroxyl groups is 2. The second-order valence-corrected chi connectivity index (χ2v) is 2.83. The standard InChI is InChI=1S/C9H16O4/c1-4-13-8(11)5-6(2)9(12)7(3)10/h5,7,9-10,12H,4H2,1-3H3/t7-,9+/m0/s1. The Hall–Kier alpha value is -0.870. The van der Waals surface area contributed by atoms with Crippen molar-refractivity contribution in [2.24, 2.45) is 0 Å². The van der Waals surface area contributed by atoms with E-state index in [-0.39, 0.29) is 0 Å². The van der Waals surface area contributed by atoms with E-state index < -0.39 is 18.2 Å². The fraction of sp³-hybridized carbons (Fsp3) is 0.667. The van der Waals surface area contributed by atoms with Crippen LogP contribution in [0.5, 0.6) is 0 Å². The van der Waals surface area contributed by atoms with Gasteiger partial charge in [0, 0.05) is 6.08 Å². The molecule has 0 aromatic carbocycles. The molecule has 0 aliphatic heterocycles. The average Bonchev–Trinajstić information content (AvgIpc) is 2.03. The Bertz CT molecular complexity index is 196. The lowest BCUT2D eigenvalue weighted by molar-refractivity contribution is -0.137. The van der Waals surface area contributed by atoms with Crippen molar-refractivity contribution in [1.29, 1.82) is 0 Å². The molecule has 0 radical (unpaired) electrons. The third-order valence-corrected chi connectivity index (χ3v) is 1.56. The number of hydrogen-bond donors (Lipinski definition) is 2. The summed E-state index contributed by atoms with van der Waals surface area (Å²) in [6, 6.07) is 0. The molecule has 0 unspecified atom stereocenters. The molecule has 0 rings (SSSR count). The van der Waals surface area contributed by atoms with Crippen molar-refractivity contribution in [3.63, 3.8) is 0 Å². The van der Waals surface area contributed by atoms with Crippen LogP contribution < -0.4 is 0 Å². The van der Waals surface area contributed by atoms with E-state index in [0.29, 0.717) is 12.2 Å². The van der Waals surface area contributed by atoms with E-state index in [1.807, 2.05) is 0 Å². The van der Waals surface area contributed by atoms with Gasteiger partial charge in [0.05, 0.1) is 12.7 Å². The van der Waals surface area contributed by atoms with Crippen LogP contribution >= 0.6 is 0 Å². The predicted octanol–water partition coefficient (Wildman–Crippen LogP) is 0.237. The molecule has 2 N–H and O–H groups in total. The molecule has 0 heterocycles. The average molecular weight is 188 g/mol. The Morgan fingerprint density at radius 1 is 1.54 bits per heavy atom. The number of hydrogen-bond acceptors (Lipinski definition) is 4. The first kappa shape index (κ1) is 12.1. The van der Waals surface area contributed by atoms with Gasteiger partial charge in [-0.25, -0.2) is 4.79 Å². The minimum absolute atomic E-state index is 0.299. The van der Waals surface area contributed by atoms with Crippen molar-refractivity contribution in [2.75, 3.05) is 6.61 Å². The normalized spacial score (nSPS) is 16.5. The quantitative estimate of drug-likeness (QED) is 0.490. The van der Waals surface area contributed by atoms with Crippen LogP contribution in [-0.4, -0.2) is 35.0 Å². The summed E-state index contributed by atoms with van der Waals surface area (Å²) in [7, 11) is 0. The van der Waals surface area contributed by atoms with E-state index in [9.17, 15) is 9.90 Å². The summed E-state index contributed by atoms with van der Waals surface area (Å²) in [6.07, 6.45) is -0.712. The summed E-state index contributed by atoms with van der Waals surface area (Å²) in [5.41, 5.74) is 0.397. The molecule has 0 fully saturated rings. The second kappa shape index (κ2) is 5.72. The van der Waals surface area contributed by atoms with Gasteiger partial charge in [-0.2, -0.15) is 0 Å². The van der Waals surface area contributed by atoms with Gasteiger partial charge in [-0.15, -0.1) is 0 Å². The smallest absolute Gasteiger partial charge is 0.330 e. The van der Waals surface area contributed by atoms with E-state index in [4.69, 9.17) is 5.11 Å². The highest BCUT2D eigenvalue weighted by Crippen LogP contribution is 2.05. The first-order chi connectivity index (χ1) is 5.99. The van der Waals surface area contributed by atoms with Crippen molar-refractivity contribution < 1.29 is 19.7 Å². The number of esters is 1. The zero-order valence-electron chi connectivity index (χ0n) is 8.15. The minimum Gasteiger partial charge on any atom is -0.463 e. The van der Waals surface area contributed by atoms with Crippen molar-refractivity contribution in [2.45, 2.75) is 33.0 Å². The van der Waals surface area contributed by atoms with Crippen LogP contribution in [0.4, 0.5) is 0 Å². The maximum absolute atomic E-state index is 10.9. The summed E-state index contributed by atoms with van der Waals surface area (Å²) in [4.78, 5) is 10.9. The highest BCUT2D eigenvalue weighted by atomic mass is 16.5. The molecule has 76 valence electrons. The summed E-state index contributed by atoms with van der Waals surface area (Å²) in [6.45, 7) is 5.01. The molecule has 0 amide bonds. The SMILES string of the molecule is CCOC(=O)C=C(C)[C@@H](O)[C@H](C)O. The molecule has 0 saturated heterocycles. The molecule has 0 aromatic heterocycles. The lowest BCUT2D eigenvalue weighted by Gasteiger charge is -2.13. The van der Waals surface area contributed by atoms with Gasteiger partial charge >= 0.3 is 5.97 Å². The highest BCUT2D eigenvalue weighted by Gasteiger charge is 2.13. The molecule has 13 heavy (non-hydrogen) atoms. The van der Waals surface area contributed by atoms with Crippen LogP contribution in [0.3, 0.4) is 0 Å². The van der Waals surface area contributed by atoms with Gasteiger partial charge in [-0.3, -0.25) is 0 Å². The Balaban J connectivity index is 4.22. The van der Waals surface area contributed by atoms with Crippen LogP contribution in [0.2, 0.25) is 0 Å². The molecule has 4 heteroatoms. The van der Waals surface area contributed by atoms with Crippen LogP contribution in [-0.2, 0) is 9.53 Å². The Kier molecular flexibility index (Phi) is 5.34. The van der Waals surface area contributed by atoms with Crippen molar-refractivity contribution in [3.05, 3.63) is 11.6 Å². The van der Waals surface area contributed by atoms with Crippen molar-refractivity contribution >= 4 is 5.97 Å². The van der Waals surface area contributed by atoms with Gasteiger partial charge in [-0.05, 0) is 26.3 Å². The van der Waals surface area contributed by atoms with Crippen LogP contribution in [0.15, 0.2) is 11.6 Å². The summed E-state index contributed by atoms with van der Waals surface area (Å²) in [5.74, 6) is -0.500. The lowest BCUT2D eigenvalue weighted by Crippen LogP contribution is -2.24. The molecular weight excluding hydrogens is 172 g/mol. The van der Waals surface area contributed by atoms with Gasteiger partial charge in [-0.1, -0.05) is 0 Å². The van der Waals surface area contributed by atoms with Gasteiger partial charge in [0.15, 0.2) is 0 Å².